The summed E-state index contributed by atoms with van der Waals surface area (Å²) in [6, 6.07) is 8.00. The van der Waals surface area contributed by atoms with Gasteiger partial charge in [0.15, 0.2) is 0 Å². The monoisotopic (exact) mass is 437 g/mol. The smallest absolute Gasteiger partial charge is 0.414 e. The number of nitrogens with zero attached hydrogens (tertiary/aromatic N) is 2. The van der Waals surface area contributed by atoms with E-state index >= 15 is 0 Å². The van der Waals surface area contributed by atoms with Crippen molar-refractivity contribution in [2.45, 2.75) is 78.2 Å². The van der Waals surface area contributed by atoms with Crippen LogP contribution in [0.4, 0.5) is 4.79 Å². The van der Waals surface area contributed by atoms with Crippen LogP contribution in [0.15, 0.2) is 24.3 Å². The van der Waals surface area contributed by atoms with Crippen LogP contribution in [-0.4, -0.2) is 29.0 Å². The topological polar surface area (TPSA) is 65.4 Å². The van der Waals surface area contributed by atoms with Gasteiger partial charge in [0.05, 0.1) is 18.5 Å². The van der Waals surface area contributed by atoms with E-state index in [1.165, 1.54) is 25.7 Å². The first-order valence-corrected chi connectivity index (χ1v) is 12.1. The molecule has 0 saturated heterocycles. The number of hydrogen-bond acceptors (Lipinski definition) is 4. The molecule has 2 saturated carbocycles. The molecule has 0 radical (unpaired) electrons. The molecular weight excluding hydrogens is 402 g/mol. The van der Waals surface area contributed by atoms with Crippen LogP contribution in [0.3, 0.4) is 0 Å². The summed E-state index contributed by atoms with van der Waals surface area (Å²) in [6.45, 7) is 6.89. The molecule has 32 heavy (non-hydrogen) atoms. The number of ether oxygens (including phenoxy) is 2. The van der Waals surface area contributed by atoms with Crippen molar-refractivity contribution < 1.29 is 14.3 Å². The Labute approximate surface area is 190 Å². The predicted molar refractivity (Wildman–Crippen MR) is 124 cm³/mol. The molecule has 1 heterocycles. The molecule has 1 amide bonds. The maximum absolute atomic E-state index is 13.1. The van der Waals surface area contributed by atoms with E-state index in [4.69, 9.17) is 14.6 Å². The fourth-order valence-corrected chi connectivity index (χ4v) is 6.66. The van der Waals surface area contributed by atoms with Crippen LogP contribution in [0.5, 0.6) is 11.6 Å². The van der Waals surface area contributed by atoms with E-state index in [0.29, 0.717) is 11.8 Å². The van der Waals surface area contributed by atoms with E-state index in [2.05, 4.69) is 26.1 Å². The van der Waals surface area contributed by atoms with Crippen molar-refractivity contribution in [1.82, 2.24) is 15.1 Å². The Morgan fingerprint density at radius 3 is 2.56 bits per heavy atom. The molecule has 1 N–H and O–H groups in total. The summed E-state index contributed by atoms with van der Waals surface area (Å²) in [5.41, 5.74) is 3.44. The van der Waals surface area contributed by atoms with Gasteiger partial charge in [0.2, 0.25) is 5.88 Å². The van der Waals surface area contributed by atoms with Crippen molar-refractivity contribution in [3.63, 3.8) is 0 Å². The van der Waals surface area contributed by atoms with Gasteiger partial charge < -0.3 is 14.8 Å². The van der Waals surface area contributed by atoms with Crippen molar-refractivity contribution in [1.29, 1.82) is 0 Å². The van der Waals surface area contributed by atoms with Gasteiger partial charge in [-0.15, -0.1) is 5.10 Å². The molecule has 2 aromatic rings. The Morgan fingerprint density at radius 1 is 1.12 bits per heavy atom. The lowest BCUT2D eigenvalue weighted by molar-refractivity contribution is 0.103. The third kappa shape index (κ3) is 3.48. The molecule has 3 aliphatic carbocycles. The lowest BCUT2D eigenvalue weighted by atomic mass is 9.68. The Hall–Kier alpha value is -2.50. The second-order valence-corrected chi connectivity index (χ2v) is 10.8. The van der Waals surface area contributed by atoms with Gasteiger partial charge in [0.25, 0.3) is 0 Å². The summed E-state index contributed by atoms with van der Waals surface area (Å²) < 4.78 is 13.2. The zero-order valence-electron chi connectivity index (χ0n) is 19.7. The first kappa shape index (κ1) is 21.4. The molecule has 1 aromatic heterocycles. The van der Waals surface area contributed by atoms with Crippen molar-refractivity contribution in [3.05, 3.63) is 35.5 Å². The second kappa shape index (κ2) is 7.82. The summed E-state index contributed by atoms with van der Waals surface area (Å²) in [5, 5.41) is 8.02. The lowest BCUT2D eigenvalue weighted by Crippen LogP contribution is -2.53. The molecule has 6 heteroatoms. The van der Waals surface area contributed by atoms with Gasteiger partial charge in [0.1, 0.15) is 5.75 Å². The van der Waals surface area contributed by atoms with Crippen LogP contribution in [-0.2, 0) is 12.8 Å². The summed E-state index contributed by atoms with van der Waals surface area (Å²) >= 11 is 0. The first-order valence-electron chi connectivity index (χ1n) is 12.1. The van der Waals surface area contributed by atoms with Crippen LogP contribution in [0.1, 0.15) is 70.6 Å². The molecule has 2 fully saturated rings. The fraction of sp³-hybridized carbons (Fsp3) is 0.615. The summed E-state index contributed by atoms with van der Waals surface area (Å²) in [4.78, 5) is 13.1. The van der Waals surface area contributed by atoms with Gasteiger partial charge in [-0.25, -0.2) is 9.48 Å². The highest BCUT2D eigenvalue weighted by Crippen LogP contribution is 2.62. The average molecular weight is 438 g/mol. The van der Waals surface area contributed by atoms with Crippen molar-refractivity contribution >= 4 is 6.09 Å². The maximum atomic E-state index is 13.1. The van der Waals surface area contributed by atoms with Crippen molar-refractivity contribution in [3.8, 4) is 17.3 Å². The number of aromatic nitrogens is 2. The summed E-state index contributed by atoms with van der Waals surface area (Å²) in [6.07, 6.45) is 8.47. The highest BCUT2D eigenvalue weighted by molar-refractivity contribution is 5.71. The Kier molecular flexibility index (Phi) is 5.22. The zero-order chi connectivity index (χ0) is 22.5. The minimum absolute atomic E-state index is 0.0887. The summed E-state index contributed by atoms with van der Waals surface area (Å²) in [7, 11) is 1.66. The highest BCUT2D eigenvalue weighted by Gasteiger charge is 2.60. The molecule has 3 aliphatic rings. The van der Waals surface area contributed by atoms with Crippen LogP contribution >= 0.6 is 0 Å². The number of benzene rings is 1. The van der Waals surface area contributed by atoms with E-state index in [9.17, 15) is 4.79 Å². The van der Waals surface area contributed by atoms with Gasteiger partial charge in [-0.2, -0.15) is 0 Å². The first-order chi connectivity index (χ1) is 15.3. The third-order valence-corrected chi connectivity index (χ3v) is 8.43. The van der Waals surface area contributed by atoms with E-state index < -0.39 is 0 Å². The highest BCUT2D eigenvalue weighted by atomic mass is 16.6. The quantitative estimate of drug-likeness (QED) is 0.646. The second-order valence-electron chi connectivity index (χ2n) is 10.8. The van der Waals surface area contributed by atoms with Crippen molar-refractivity contribution in [2.24, 2.45) is 16.7 Å². The molecule has 3 unspecified atom stereocenters. The Balaban J connectivity index is 1.41. The maximum Gasteiger partial charge on any atom is 0.414 e. The number of fused-ring (bicyclic) bond motifs is 3. The van der Waals surface area contributed by atoms with E-state index in [0.717, 1.165) is 48.4 Å². The summed E-state index contributed by atoms with van der Waals surface area (Å²) in [5.74, 6) is 1.94. The number of amides is 1. The SMILES string of the molecule is COc1ccc(-n2nc(OC(=O)NC3C4(C)CCC(C4)C3(C)C)c3c2CCCCC3)cc1. The van der Waals surface area contributed by atoms with E-state index in [1.807, 2.05) is 28.9 Å². The number of rotatable bonds is 4. The molecule has 172 valence electrons. The van der Waals surface area contributed by atoms with E-state index in [-0.39, 0.29) is 23.0 Å². The average Bonchev–Trinajstić information content (AvgIpc) is 3.30. The molecule has 0 aliphatic heterocycles. The van der Waals surface area contributed by atoms with Crippen LogP contribution < -0.4 is 14.8 Å². The molecule has 0 spiro atoms. The molecule has 1 aromatic carbocycles. The van der Waals surface area contributed by atoms with Gasteiger partial charge in [-0.3, -0.25) is 0 Å². The molecule has 2 bridgehead atoms. The van der Waals surface area contributed by atoms with Crippen LogP contribution in [0, 0.1) is 16.7 Å². The molecular formula is C26H35N3O3. The normalized spacial score (nSPS) is 28.1. The van der Waals surface area contributed by atoms with Crippen LogP contribution in [0.25, 0.3) is 5.69 Å². The Morgan fingerprint density at radius 2 is 1.88 bits per heavy atom. The number of hydrogen-bond donors (Lipinski definition) is 1. The standard InChI is InChI=1S/C26H35N3O3/c1-25(2)17-14-15-26(3,16-17)23(25)27-24(30)32-22-20-8-6-5-7-9-21(20)29(28-22)18-10-12-19(31-4)13-11-18/h10-13,17,23H,5-9,14-16H2,1-4H3,(H,27,30). The molecule has 3 atom stereocenters. The van der Waals surface area contributed by atoms with Crippen molar-refractivity contribution in [2.75, 3.05) is 7.11 Å². The van der Waals surface area contributed by atoms with Gasteiger partial charge in [-0.1, -0.05) is 27.2 Å². The van der Waals surface area contributed by atoms with Gasteiger partial charge >= 0.3 is 6.09 Å². The van der Waals surface area contributed by atoms with E-state index in [1.54, 1.807) is 7.11 Å². The number of carbonyl (C=O) groups is 1. The molecule has 6 nitrogen and oxygen atoms in total. The molecule has 5 rings (SSSR count). The fourth-order valence-electron chi connectivity index (χ4n) is 6.66. The minimum Gasteiger partial charge on any atom is -0.497 e. The van der Waals surface area contributed by atoms with Gasteiger partial charge in [0, 0.05) is 11.6 Å². The third-order valence-electron chi connectivity index (χ3n) is 8.43. The van der Waals surface area contributed by atoms with Crippen LogP contribution in [0.2, 0.25) is 0 Å². The van der Waals surface area contributed by atoms with Gasteiger partial charge in [-0.05, 0) is 86.0 Å². The predicted octanol–water partition coefficient (Wildman–Crippen LogP) is 5.45. The Bertz CT molecular complexity index is 1010. The number of carbonyl (C=O) groups excluding carboxylic acids is 1. The zero-order valence-corrected chi connectivity index (χ0v) is 19.7. The number of methoxy groups -OCH3 is 1. The number of nitrogens with one attached hydrogen (secondary N) is 1. The lowest BCUT2D eigenvalue weighted by Gasteiger charge is -2.42. The minimum atomic E-state index is -0.372. The largest absolute Gasteiger partial charge is 0.497 e.